The smallest absolute Gasteiger partial charge is 0.233 e. The fraction of sp³-hybridized carbons (Fsp3) is 0.800. The van der Waals surface area contributed by atoms with Gasteiger partial charge in [-0.1, -0.05) is 19.1 Å². The fourth-order valence-corrected chi connectivity index (χ4v) is 3.61. The Balaban J connectivity index is 2.70. The lowest BCUT2D eigenvalue weighted by atomic mass is 9.86. The minimum atomic E-state index is -2.99. The van der Waals surface area contributed by atoms with Crippen LogP contribution in [-0.2, 0) is 14.6 Å². The van der Waals surface area contributed by atoms with Gasteiger partial charge in [-0.25, -0.2) is 8.42 Å². The minimum Gasteiger partial charge on any atom is -0.392 e. The van der Waals surface area contributed by atoms with Crippen LogP contribution in [0.25, 0.3) is 0 Å². The molecule has 3 N–H and O–H groups in total. The van der Waals surface area contributed by atoms with Crippen LogP contribution >= 0.6 is 12.2 Å². The minimum absolute atomic E-state index is 0.00979. The van der Waals surface area contributed by atoms with E-state index in [1.165, 1.54) is 0 Å². The first-order valence-corrected chi connectivity index (χ1v) is 7.75. The number of amides is 1. The summed E-state index contributed by atoms with van der Waals surface area (Å²) < 4.78 is 22.5. The van der Waals surface area contributed by atoms with Gasteiger partial charge in [0.25, 0.3) is 0 Å². The molecule has 2 unspecified atom stereocenters. The maximum absolute atomic E-state index is 12.0. The predicted octanol–water partition coefficient (Wildman–Crippen LogP) is -0.00790. The van der Waals surface area contributed by atoms with E-state index in [4.69, 9.17) is 18.0 Å². The average Bonchev–Trinajstić information content (AvgIpc) is 2.56. The second-order valence-corrected chi connectivity index (χ2v) is 7.29. The van der Waals surface area contributed by atoms with Crippen LogP contribution < -0.4 is 11.1 Å². The van der Waals surface area contributed by atoms with Crippen molar-refractivity contribution in [2.75, 3.05) is 11.5 Å². The monoisotopic (exact) mass is 278 g/mol. The zero-order valence-corrected chi connectivity index (χ0v) is 11.7. The molecule has 1 fully saturated rings. The highest BCUT2D eigenvalue weighted by atomic mass is 32.2. The van der Waals surface area contributed by atoms with E-state index >= 15 is 0 Å². The van der Waals surface area contributed by atoms with E-state index in [1.54, 1.807) is 6.92 Å². The largest absolute Gasteiger partial charge is 0.392 e. The molecular formula is C10H18N2O3S2. The summed E-state index contributed by atoms with van der Waals surface area (Å²) in [4.78, 5) is 12.2. The molecule has 1 heterocycles. The van der Waals surface area contributed by atoms with E-state index < -0.39 is 15.3 Å². The first-order chi connectivity index (χ1) is 7.71. The van der Waals surface area contributed by atoms with E-state index in [-0.39, 0.29) is 28.4 Å². The van der Waals surface area contributed by atoms with Gasteiger partial charge < -0.3 is 11.1 Å². The van der Waals surface area contributed by atoms with Crippen molar-refractivity contribution in [3.05, 3.63) is 0 Å². The number of carbonyl (C=O) groups excluding carboxylic acids is 1. The van der Waals surface area contributed by atoms with Gasteiger partial charge in [0.1, 0.15) is 0 Å². The molecule has 1 aliphatic rings. The van der Waals surface area contributed by atoms with E-state index in [0.29, 0.717) is 12.8 Å². The molecule has 1 rings (SSSR count). The molecule has 17 heavy (non-hydrogen) atoms. The lowest BCUT2D eigenvalue weighted by Crippen LogP contribution is -2.50. The molecule has 0 saturated carbocycles. The molecule has 2 atom stereocenters. The fourth-order valence-electron chi connectivity index (χ4n) is 1.70. The van der Waals surface area contributed by atoms with Crippen LogP contribution in [0.4, 0.5) is 0 Å². The van der Waals surface area contributed by atoms with Crippen molar-refractivity contribution >= 4 is 33.0 Å². The quantitative estimate of drug-likeness (QED) is 0.706. The summed E-state index contributed by atoms with van der Waals surface area (Å²) in [7, 11) is -2.99. The molecule has 1 amide bonds. The van der Waals surface area contributed by atoms with Gasteiger partial charge in [0, 0.05) is 6.04 Å². The molecule has 0 bridgehead atoms. The topological polar surface area (TPSA) is 89.3 Å². The number of thiocarbonyl (C=S) groups is 1. The zero-order valence-electron chi connectivity index (χ0n) is 10.0. The highest BCUT2D eigenvalue weighted by Gasteiger charge is 2.37. The molecule has 7 heteroatoms. The van der Waals surface area contributed by atoms with Gasteiger partial charge in [0.05, 0.1) is 21.9 Å². The lowest BCUT2D eigenvalue weighted by Gasteiger charge is -2.27. The SMILES string of the molecule is CCC(C)(C(=O)NC1CCS(=O)(=O)C1)C(N)=S. The van der Waals surface area contributed by atoms with Crippen molar-refractivity contribution in [3.8, 4) is 0 Å². The standard InChI is InChI=1S/C10H18N2O3S2/c1-3-10(2,8(11)16)9(13)12-7-4-5-17(14,15)6-7/h7H,3-6H2,1-2H3,(H2,11,16)(H,12,13). The van der Waals surface area contributed by atoms with E-state index in [2.05, 4.69) is 5.32 Å². The molecule has 0 spiro atoms. The molecule has 0 radical (unpaired) electrons. The van der Waals surface area contributed by atoms with Crippen LogP contribution in [0.5, 0.6) is 0 Å². The van der Waals surface area contributed by atoms with Gasteiger partial charge in [0.15, 0.2) is 9.84 Å². The second-order valence-electron chi connectivity index (χ2n) is 4.62. The Labute approximate surface area is 107 Å². The Morgan fingerprint density at radius 2 is 2.18 bits per heavy atom. The molecule has 0 aliphatic carbocycles. The lowest BCUT2D eigenvalue weighted by molar-refractivity contribution is -0.127. The first kappa shape index (κ1) is 14.4. The van der Waals surface area contributed by atoms with Crippen LogP contribution in [0.15, 0.2) is 0 Å². The number of rotatable bonds is 4. The van der Waals surface area contributed by atoms with Gasteiger partial charge >= 0.3 is 0 Å². The highest BCUT2D eigenvalue weighted by molar-refractivity contribution is 7.91. The van der Waals surface area contributed by atoms with Crippen LogP contribution in [-0.4, -0.2) is 36.9 Å². The summed E-state index contributed by atoms with van der Waals surface area (Å²) in [5, 5.41) is 2.72. The van der Waals surface area contributed by atoms with Gasteiger partial charge in [-0.3, -0.25) is 4.79 Å². The summed E-state index contributed by atoms with van der Waals surface area (Å²) in [6.07, 6.45) is 0.957. The van der Waals surface area contributed by atoms with Crippen molar-refractivity contribution < 1.29 is 13.2 Å². The van der Waals surface area contributed by atoms with E-state index in [1.807, 2.05) is 6.92 Å². The second kappa shape index (κ2) is 4.89. The maximum atomic E-state index is 12.0. The van der Waals surface area contributed by atoms with Crippen molar-refractivity contribution in [2.45, 2.75) is 32.7 Å². The third-order valence-corrected chi connectivity index (χ3v) is 5.54. The summed E-state index contributed by atoms with van der Waals surface area (Å²) in [6, 6.07) is -0.312. The van der Waals surface area contributed by atoms with E-state index in [9.17, 15) is 13.2 Å². The van der Waals surface area contributed by atoms with Gasteiger partial charge in [-0.05, 0) is 19.8 Å². The van der Waals surface area contributed by atoms with Crippen LogP contribution in [0.2, 0.25) is 0 Å². The Kier molecular flexibility index (Phi) is 4.14. The third-order valence-electron chi connectivity index (χ3n) is 3.32. The summed E-state index contributed by atoms with van der Waals surface area (Å²) >= 11 is 4.89. The Hall–Kier alpha value is -0.690. The number of carbonyl (C=O) groups is 1. The normalized spacial score (nSPS) is 26.1. The van der Waals surface area contributed by atoms with Crippen molar-refractivity contribution in [1.29, 1.82) is 0 Å². The average molecular weight is 278 g/mol. The Morgan fingerprint density at radius 3 is 2.53 bits per heavy atom. The molecular weight excluding hydrogens is 260 g/mol. The number of hydrogen-bond acceptors (Lipinski definition) is 4. The van der Waals surface area contributed by atoms with E-state index in [0.717, 1.165) is 0 Å². The molecule has 0 aromatic carbocycles. The third kappa shape index (κ3) is 3.16. The Bertz CT molecular complexity index is 433. The van der Waals surface area contributed by atoms with Crippen LogP contribution in [0.1, 0.15) is 26.7 Å². The highest BCUT2D eigenvalue weighted by Crippen LogP contribution is 2.23. The molecule has 1 saturated heterocycles. The van der Waals surface area contributed by atoms with Gasteiger partial charge in [-0.2, -0.15) is 0 Å². The summed E-state index contributed by atoms with van der Waals surface area (Å²) in [5.74, 6) is -0.140. The molecule has 0 aromatic heterocycles. The summed E-state index contributed by atoms with van der Waals surface area (Å²) in [5.41, 5.74) is 4.66. The number of nitrogens with two attached hydrogens (primary N) is 1. The first-order valence-electron chi connectivity index (χ1n) is 5.52. The van der Waals surface area contributed by atoms with Crippen LogP contribution in [0, 0.1) is 5.41 Å². The molecule has 1 aliphatic heterocycles. The summed E-state index contributed by atoms with van der Waals surface area (Å²) in [6.45, 7) is 3.50. The molecule has 5 nitrogen and oxygen atoms in total. The number of hydrogen-bond donors (Lipinski definition) is 2. The molecule has 98 valence electrons. The Morgan fingerprint density at radius 1 is 1.59 bits per heavy atom. The van der Waals surface area contributed by atoms with Crippen molar-refractivity contribution in [1.82, 2.24) is 5.32 Å². The zero-order chi connectivity index (χ0) is 13.3. The maximum Gasteiger partial charge on any atom is 0.233 e. The number of nitrogens with one attached hydrogen (secondary N) is 1. The van der Waals surface area contributed by atoms with Crippen molar-refractivity contribution in [2.24, 2.45) is 11.1 Å². The van der Waals surface area contributed by atoms with Crippen LogP contribution in [0.3, 0.4) is 0 Å². The van der Waals surface area contributed by atoms with Gasteiger partial charge in [0.2, 0.25) is 5.91 Å². The van der Waals surface area contributed by atoms with Gasteiger partial charge in [-0.15, -0.1) is 0 Å². The number of sulfone groups is 1. The predicted molar refractivity (Wildman–Crippen MR) is 70.4 cm³/mol. The van der Waals surface area contributed by atoms with Crippen molar-refractivity contribution in [3.63, 3.8) is 0 Å². The molecule has 0 aromatic rings.